The molecule has 0 N–H and O–H groups in total. The number of aromatic nitrogens is 2. The van der Waals surface area contributed by atoms with E-state index < -0.39 is 12.6 Å². The zero-order valence-electron chi connectivity index (χ0n) is 13.3. The third kappa shape index (κ3) is 3.18. The topological polar surface area (TPSA) is 62.6 Å². The fraction of sp³-hybridized carbons (Fsp3) is 0.500. The first-order valence-corrected chi connectivity index (χ1v) is 8.19. The van der Waals surface area contributed by atoms with Gasteiger partial charge in [-0.15, -0.1) is 11.6 Å². The van der Waals surface area contributed by atoms with E-state index in [0.29, 0.717) is 34.7 Å². The molecule has 1 aromatic heterocycles. The lowest BCUT2D eigenvalue weighted by molar-refractivity contribution is -0.0589. The van der Waals surface area contributed by atoms with Crippen molar-refractivity contribution in [3.05, 3.63) is 23.5 Å². The minimum absolute atomic E-state index is 0.0985. The summed E-state index contributed by atoms with van der Waals surface area (Å²) < 4.78 is 30.1. The van der Waals surface area contributed by atoms with Crippen molar-refractivity contribution >= 4 is 28.6 Å². The number of ether oxygens (including phenoxy) is 3. The first-order chi connectivity index (χ1) is 11.7. The summed E-state index contributed by atoms with van der Waals surface area (Å²) in [5, 5.41) is 0. The van der Waals surface area contributed by atoms with Gasteiger partial charge >= 0.3 is 5.97 Å². The van der Waals surface area contributed by atoms with Crippen molar-refractivity contribution in [2.75, 3.05) is 27.0 Å². The number of esters is 1. The Morgan fingerprint density at radius 1 is 1.54 bits per heavy atom. The Hall–Kier alpha value is -1.86. The summed E-state index contributed by atoms with van der Waals surface area (Å²) in [6, 6.07) is 3.20. The summed E-state index contributed by atoms with van der Waals surface area (Å²) in [6.45, 7) is 0.578. The molecule has 1 fully saturated rings. The van der Waals surface area contributed by atoms with E-state index in [0.717, 1.165) is 13.0 Å². The Morgan fingerprint density at radius 3 is 2.92 bits per heavy atom. The van der Waals surface area contributed by atoms with Crippen LogP contribution in [-0.4, -0.2) is 48.6 Å². The molecule has 3 rings (SSSR count). The van der Waals surface area contributed by atoms with Crippen molar-refractivity contribution < 1.29 is 23.4 Å². The molecule has 0 saturated carbocycles. The molecular weight excluding hydrogens is 339 g/mol. The lowest BCUT2D eigenvalue weighted by Crippen LogP contribution is -2.31. The molecule has 0 bridgehead atoms. The molecule has 0 radical (unpaired) electrons. The number of hydrogen-bond acceptors (Lipinski definition) is 5. The number of alkyl halides is 2. The number of hydrogen-bond donors (Lipinski definition) is 0. The van der Waals surface area contributed by atoms with Gasteiger partial charge in [0.05, 0.1) is 36.7 Å². The van der Waals surface area contributed by atoms with E-state index in [1.54, 1.807) is 6.07 Å². The summed E-state index contributed by atoms with van der Waals surface area (Å²) in [5.74, 6) is 0.693. The maximum atomic E-state index is 12.5. The average Bonchev–Trinajstić information content (AvgIpc) is 2.92. The summed E-state index contributed by atoms with van der Waals surface area (Å²) in [4.78, 5) is 16.4. The maximum absolute atomic E-state index is 12.5. The van der Waals surface area contributed by atoms with Gasteiger partial charge in [0.15, 0.2) is 0 Å². The quantitative estimate of drug-likeness (QED) is 0.564. The molecule has 2 heterocycles. The van der Waals surface area contributed by atoms with E-state index in [-0.39, 0.29) is 18.6 Å². The van der Waals surface area contributed by atoms with Crippen LogP contribution in [0.1, 0.15) is 22.6 Å². The molecule has 8 heteroatoms. The van der Waals surface area contributed by atoms with Gasteiger partial charge in [-0.1, -0.05) is 0 Å². The van der Waals surface area contributed by atoms with Crippen LogP contribution >= 0.6 is 11.6 Å². The number of halogens is 2. The standard InChI is InChI=1S/C16H18ClFN2O4/c1-22-16(21)10-6-12-15(13(7-10)24-5-3-18)19-14(8-17)20(12)9-11-2-4-23-11/h6-7,11H,2-5,8-9H2,1H3/t11-/m0/s1. The number of rotatable bonds is 7. The minimum atomic E-state index is -0.636. The van der Waals surface area contributed by atoms with Crippen LogP contribution in [-0.2, 0) is 21.9 Å². The summed E-state index contributed by atoms with van der Waals surface area (Å²) >= 11 is 6.02. The van der Waals surface area contributed by atoms with Gasteiger partial charge in [-0.25, -0.2) is 14.2 Å². The normalized spacial score (nSPS) is 16.9. The van der Waals surface area contributed by atoms with E-state index in [4.69, 9.17) is 25.8 Å². The van der Waals surface area contributed by atoms with E-state index in [1.165, 1.54) is 13.2 Å². The first kappa shape index (κ1) is 17.0. The molecule has 1 aliphatic heterocycles. The van der Waals surface area contributed by atoms with Crippen molar-refractivity contribution in [1.82, 2.24) is 9.55 Å². The molecule has 1 aromatic carbocycles. The summed E-state index contributed by atoms with van der Waals surface area (Å²) in [5.41, 5.74) is 1.56. The molecule has 130 valence electrons. The van der Waals surface area contributed by atoms with Crippen LogP contribution in [0.5, 0.6) is 5.75 Å². The van der Waals surface area contributed by atoms with Crippen molar-refractivity contribution in [3.63, 3.8) is 0 Å². The Balaban J connectivity index is 2.11. The third-order valence-electron chi connectivity index (χ3n) is 3.95. The SMILES string of the molecule is COC(=O)c1cc(OCCF)c2nc(CCl)n(C[C@@H]3CCO3)c2c1. The highest BCUT2D eigenvalue weighted by Gasteiger charge is 2.24. The molecule has 0 aliphatic carbocycles. The second-order valence-electron chi connectivity index (χ2n) is 5.42. The molecule has 0 unspecified atom stereocenters. The Bertz CT molecular complexity index is 745. The van der Waals surface area contributed by atoms with Gasteiger partial charge in [0, 0.05) is 6.61 Å². The fourth-order valence-corrected chi connectivity index (χ4v) is 2.88. The van der Waals surface area contributed by atoms with Crippen LogP contribution < -0.4 is 4.74 Å². The van der Waals surface area contributed by atoms with Crippen LogP contribution in [0.3, 0.4) is 0 Å². The average molecular weight is 357 g/mol. The van der Waals surface area contributed by atoms with Crippen LogP contribution in [0.25, 0.3) is 11.0 Å². The van der Waals surface area contributed by atoms with E-state index in [2.05, 4.69) is 4.98 Å². The largest absolute Gasteiger partial charge is 0.488 e. The van der Waals surface area contributed by atoms with E-state index >= 15 is 0 Å². The van der Waals surface area contributed by atoms with Gasteiger partial charge < -0.3 is 18.8 Å². The molecule has 1 aliphatic rings. The van der Waals surface area contributed by atoms with Gasteiger partial charge in [0.1, 0.15) is 30.4 Å². The number of methoxy groups -OCH3 is 1. The summed E-state index contributed by atoms with van der Waals surface area (Å²) in [6.07, 6.45) is 1.06. The molecule has 6 nitrogen and oxygen atoms in total. The second kappa shape index (κ2) is 7.36. The highest BCUT2D eigenvalue weighted by atomic mass is 35.5. The predicted octanol–water partition coefficient (Wildman–Crippen LogP) is 2.70. The minimum Gasteiger partial charge on any atom is -0.488 e. The third-order valence-corrected chi connectivity index (χ3v) is 4.19. The van der Waals surface area contributed by atoms with Crippen molar-refractivity contribution in [1.29, 1.82) is 0 Å². The van der Waals surface area contributed by atoms with Crippen molar-refractivity contribution in [2.24, 2.45) is 0 Å². The highest BCUT2D eigenvalue weighted by Crippen LogP contribution is 2.30. The number of carbonyl (C=O) groups is 1. The first-order valence-electron chi connectivity index (χ1n) is 7.65. The Morgan fingerprint density at radius 2 is 2.33 bits per heavy atom. The van der Waals surface area contributed by atoms with Crippen molar-refractivity contribution in [2.45, 2.75) is 24.9 Å². The van der Waals surface area contributed by atoms with Gasteiger partial charge in [-0.2, -0.15) is 0 Å². The monoisotopic (exact) mass is 356 g/mol. The second-order valence-corrected chi connectivity index (χ2v) is 5.69. The lowest BCUT2D eigenvalue weighted by Gasteiger charge is -2.27. The smallest absolute Gasteiger partial charge is 0.338 e. The number of nitrogens with zero attached hydrogens (tertiary/aromatic N) is 2. The Labute approximate surface area is 143 Å². The zero-order chi connectivity index (χ0) is 17.1. The van der Waals surface area contributed by atoms with Crippen molar-refractivity contribution in [3.8, 4) is 5.75 Å². The number of imidazole rings is 1. The molecule has 1 atom stereocenters. The zero-order valence-corrected chi connectivity index (χ0v) is 14.0. The molecule has 2 aromatic rings. The lowest BCUT2D eigenvalue weighted by atomic mass is 10.1. The fourth-order valence-electron chi connectivity index (χ4n) is 2.67. The van der Waals surface area contributed by atoms with E-state index in [1.807, 2.05) is 4.57 Å². The number of carbonyl (C=O) groups excluding carboxylic acids is 1. The van der Waals surface area contributed by atoms with Crippen LogP contribution in [0.2, 0.25) is 0 Å². The highest BCUT2D eigenvalue weighted by molar-refractivity contribution is 6.17. The van der Waals surface area contributed by atoms with Crippen LogP contribution in [0.4, 0.5) is 4.39 Å². The number of benzene rings is 1. The predicted molar refractivity (Wildman–Crippen MR) is 86.5 cm³/mol. The van der Waals surface area contributed by atoms with Gasteiger partial charge in [0.2, 0.25) is 0 Å². The molecule has 0 spiro atoms. The van der Waals surface area contributed by atoms with Gasteiger partial charge in [0.25, 0.3) is 0 Å². The maximum Gasteiger partial charge on any atom is 0.338 e. The van der Waals surface area contributed by atoms with Gasteiger partial charge in [-0.05, 0) is 18.6 Å². The Kier molecular flexibility index (Phi) is 5.20. The molecule has 1 saturated heterocycles. The summed E-state index contributed by atoms with van der Waals surface area (Å²) in [7, 11) is 1.30. The van der Waals surface area contributed by atoms with Crippen LogP contribution in [0.15, 0.2) is 12.1 Å². The van der Waals surface area contributed by atoms with Gasteiger partial charge in [-0.3, -0.25) is 0 Å². The molecule has 24 heavy (non-hydrogen) atoms. The van der Waals surface area contributed by atoms with E-state index in [9.17, 15) is 9.18 Å². The molecule has 0 amide bonds. The number of fused-ring (bicyclic) bond motifs is 1. The molecular formula is C16H18ClFN2O4. The van der Waals surface area contributed by atoms with Crippen LogP contribution in [0, 0.1) is 0 Å².